The minimum absolute atomic E-state index is 0.932. The van der Waals surface area contributed by atoms with E-state index in [2.05, 4.69) is 19.6 Å². The first-order valence-corrected chi connectivity index (χ1v) is 9.89. The Bertz CT molecular complexity index is 290. The Morgan fingerprint density at radius 3 is 2.15 bits per heavy atom. The van der Waals surface area contributed by atoms with Crippen molar-refractivity contribution in [2.24, 2.45) is 0 Å². The fourth-order valence-electron chi connectivity index (χ4n) is 1.21. The van der Waals surface area contributed by atoms with Crippen LogP contribution in [0.2, 0.25) is 19.6 Å². The molecule has 1 rings (SSSR count). The Labute approximate surface area is 82.0 Å². The topological polar surface area (TPSA) is 17.1 Å². The van der Waals surface area contributed by atoms with Gasteiger partial charge in [-0.1, -0.05) is 50.0 Å². The molecule has 0 aliphatic rings. The highest BCUT2D eigenvalue weighted by molar-refractivity contribution is 7.56. The van der Waals surface area contributed by atoms with Crippen LogP contribution in [0.5, 0.6) is 0 Å². The smallest absolute Gasteiger partial charge is 0.101 e. The van der Waals surface area contributed by atoms with E-state index in [0.29, 0.717) is 0 Å². The van der Waals surface area contributed by atoms with Crippen LogP contribution in [0.25, 0.3) is 0 Å². The van der Waals surface area contributed by atoms with Crippen molar-refractivity contribution in [3.63, 3.8) is 0 Å². The van der Waals surface area contributed by atoms with E-state index in [-0.39, 0.29) is 0 Å². The second-order valence-electron chi connectivity index (χ2n) is 4.53. The van der Waals surface area contributed by atoms with Gasteiger partial charge in [-0.25, -0.2) is 0 Å². The lowest BCUT2D eigenvalue weighted by Gasteiger charge is -2.14. The van der Waals surface area contributed by atoms with Gasteiger partial charge in [-0.2, -0.15) is 0 Å². The van der Waals surface area contributed by atoms with Gasteiger partial charge in [0.2, 0.25) is 0 Å². The maximum absolute atomic E-state index is 11.9. The van der Waals surface area contributed by atoms with Gasteiger partial charge in [0.1, 0.15) is 7.80 Å². The fraction of sp³-hybridized carbons (Fsp3) is 0.400. The minimum atomic E-state index is -1.51. The average Bonchev–Trinajstić information content (AvgIpc) is 2.03. The molecular weight excluding hydrogens is 195 g/mol. The molecule has 1 aromatic rings. The van der Waals surface area contributed by atoms with Crippen LogP contribution in [0.1, 0.15) is 0 Å². The van der Waals surface area contributed by atoms with E-state index in [1.807, 2.05) is 30.3 Å². The summed E-state index contributed by atoms with van der Waals surface area (Å²) in [5.74, 6) is 0.932. The van der Waals surface area contributed by atoms with Gasteiger partial charge < -0.3 is 4.57 Å². The number of hydrogen-bond donors (Lipinski definition) is 0. The zero-order valence-corrected chi connectivity index (χ0v) is 10.5. The molecule has 1 atom stereocenters. The molecule has 0 saturated carbocycles. The Hall–Kier alpha value is -0.333. The van der Waals surface area contributed by atoms with E-state index in [9.17, 15) is 4.57 Å². The van der Waals surface area contributed by atoms with Crippen molar-refractivity contribution >= 4 is 21.2 Å². The third-order valence-electron chi connectivity index (χ3n) is 1.79. The first-order valence-electron chi connectivity index (χ1n) is 4.57. The van der Waals surface area contributed by atoms with Crippen LogP contribution >= 0.6 is 7.80 Å². The van der Waals surface area contributed by atoms with E-state index in [1.54, 1.807) is 0 Å². The van der Waals surface area contributed by atoms with Gasteiger partial charge >= 0.3 is 0 Å². The summed E-state index contributed by atoms with van der Waals surface area (Å²) in [5.41, 5.74) is 0. The molecule has 3 heteroatoms. The predicted molar refractivity (Wildman–Crippen MR) is 63.3 cm³/mol. The van der Waals surface area contributed by atoms with Crippen molar-refractivity contribution < 1.29 is 4.57 Å². The molecule has 0 radical (unpaired) electrons. The summed E-state index contributed by atoms with van der Waals surface area (Å²) in [5, 5.41) is 1.04. The Morgan fingerprint density at radius 2 is 1.69 bits per heavy atom. The van der Waals surface area contributed by atoms with Crippen molar-refractivity contribution in [3.05, 3.63) is 30.3 Å². The van der Waals surface area contributed by atoms with E-state index in [4.69, 9.17) is 0 Å². The molecule has 0 saturated heterocycles. The zero-order chi connectivity index (χ0) is 9.90. The van der Waals surface area contributed by atoms with Crippen LogP contribution in [0.15, 0.2) is 30.3 Å². The highest BCUT2D eigenvalue weighted by atomic mass is 31.1. The van der Waals surface area contributed by atoms with Crippen LogP contribution in [0.3, 0.4) is 0 Å². The molecule has 0 fully saturated rings. The number of benzene rings is 1. The highest BCUT2D eigenvalue weighted by Crippen LogP contribution is 2.24. The molecule has 0 amide bonds. The molecule has 0 heterocycles. The van der Waals surface area contributed by atoms with E-state index < -0.39 is 15.9 Å². The molecule has 1 unspecified atom stereocenters. The van der Waals surface area contributed by atoms with Crippen molar-refractivity contribution in [2.45, 2.75) is 19.6 Å². The summed E-state index contributed by atoms with van der Waals surface area (Å²) in [6, 6.07) is 9.83. The molecule has 0 aliphatic heterocycles. The quantitative estimate of drug-likeness (QED) is 0.556. The van der Waals surface area contributed by atoms with Crippen molar-refractivity contribution in [1.29, 1.82) is 0 Å². The molecule has 72 valence electrons. The highest BCUT2D eigenvalue weighted by Gasteiger charge is 2.17. The van der Waals surface area contributed by atoms with Gasteiger partial charge in [-0.15, -0.1) is 0 Å². The van der Waals surface area contributed by atoms with Crippen LogP contribution in [-0.2, 0) is 4.57 Å². The summed E-state index contributed by atoms with van der Waals surface area (Å²) >= 11 is 0. The second kappa shape index (κ2) is 4.25. The molecule has 1 nitrogen and oxygen atoms in total. The summed E-state index contributed by atoms with van der Waals surface area (Å²) in [4.78, 5) is 0. The molecule has 0 aromatic heterocycles. The molecule has 13 heavy (non-hydrogen) atoms. The average molecular weight is 212 g/mol. The fourth-order valence-corrected chi connectivity index (χ4v) is 6.44. The molecule has 0 N–H and O–H groups in total. The molecule has 0 aliphatic carbocycles. The number of rotatable bonds is 3. The lowest BCUT2D eigenvalue weighted by Crippen LogP contribution is -2.25. The molecule has 0 spiro atoms. The van der Waals surface area contributed by atoms with E-state index in [0.717, 1.165) is 11.1 Å². The van der Waals surface area contributed by atoms with Crippen LogP contribution in [-0.4, -0.2) is 13.9 Å². The summed E-state index contributed by atoms with van der Waals surface area (Å²) in [6.45, 7) is 6.79. The minimum Gasteiger partial charge on any atom is -0.322 e. The standard InChI is InChI=1S/C10H17OPSi/c1-13(2,3)9-12(11)10-7-5-4-6-8-10/h4-8,12H,9H2,1-3H3. The maximum atomic E-state index is 11.9. The normalized spacial score (nSPS) is 14.1. The Balaban J connectivity index is 2.71. The Kier molecular flexibility index (Phi) is 3.52. The van der Waals surface area contributed by atoms with Gasteiger partial charge in [0.25, 0.3) is 0 Å². The first-order chi connectivity index (χ1) is 5.99. The van der Waals surface area contributed by atoms with E-state index >= 15 is 0 Å². The van der Waals surface area contributed by atoms with Gasteiger partial charge in [-0.3, -0.25) is 0 Å². The largest absolute Gasteiger partial charge is 0.322 e. The second-order valence-corrected chi connectivity index (χ2v) is 12.5. The predicted octanol–water partition coefficient (Wildman–Crippen LogP) is 2.75. The Morgan fingerprint density at radius 1 is 1.15 bits per heavy atom. The van der Waals surface area contributed by atoms with Crippen molar-refractivity contribution in [2.75, 3.05) is 5.79 Å². The number of hydrogen-bond acceptors (Lipinski definition) is 1. The van der Waals surface area contributed by atoms with Gasteiger partial charge in [0, 0.05) is 5.30 Å². The van der Waals surface area contributed by atoms with E-state index in [1.165, 1.54) is 0 Å². The maximum Gasteiger partial charge on any atom is 0.101 e. The van der Waals surface area contributed by atoms with Gasteiger partial charge in [-0.05, 0) is 5.79 Å². The van der Waals surface area contributed by atoms with Crippen LogP contribution < -0.4 is 5.30 Å². The molecular formula is C10H17OPSi. The summed E-state index contributed by atoms with van der Waals surface area (Å²) in [6.07, 6.45) is 0. The van der Waals surface area contributed by atoms with Gasteiger partial charge in [0.05, 0.1) is 8.07 Å². The van der Waals surface area contributed by atoms with Crippen LogP contribution in [0.4, 0.5) is 0 Å². The monoisotopic (exact) mass is 212 g/mol. The third-order valence-corrected chi connectivity index (χ3v) is 8.29. The summed E-state index contributed by atoms with van der Waals surface area (Å²) < 4.78 is 11.9. The SMILES string of the molecule is C[Si](C)(C)C[PH](=O)c1ccccc1. The third kappa shape index (κ3) is 3.92. The lowest BCUT2D eigenvalue weighted by molar-refractivity contribution is 0.595. The van der Waals surface area contributed by atoms with Gasteiger partial charge in [0.15, 0.2) is 0 Å². The van der Waals surface area contributed by atoms with Crippen molar-refractivity contribution in [1.82, 2.24) is 0 Å². The molecule has 0 bridgehead atoms. The lowest BCUT2D eigenvalue weighted by atomic mass is 10.4. The zero-order valence-electron chi connectivity index (χ0n) is 8.50. The summed E-state index contributed by atoms with van der Waals surface area (Å²) in [7, 11) is -2.68. The van der Waals surface area contributed by atoms with Crippen molar-refractivity contribution in [3.8, 4) is 0 Å². The first kappa shape index (κ1) is 10.7. The van der Waals surface area contributed by atoms with Crippen LogP contribution in [0, 0.1) is 0 Å². The molecule has 1 aromatic carbocycles.